The summed E-state index contributed by atoms with van der Waals surface area (Å²) in [7, 11) is 0. The molecule has 1 aromatic heterocycles. The lowest BCUT2D eigenvalue weighted by atomic mass is 9.73. The molecule has 1 unspecified atom stereocenters. The summed E-state index contributed by atoms with van der Waals surface area (Å²) < 4.78 is 19.9. The molecule has 0 aliphatic carbocycles. The van der Waals surface area contributed by atoms with Crippen LogP contribution in [0.15, 0.2) is 48.8 Å². The van der Waals surface area contributed by atoms with Gasteiger partial charge in [-0.1, -0.05) is 18.2 Å². The number of rotatable bonds is 6. The van der Waals surface area contributed by atoms with E-state index in [0.29, 0.717) is 38.0 Å². The number of aryl methyl sites for hydroxylation is 1. The number of hydrogen-bond acceptors (Lipinski definition) is 3. The van der Waals surface area contributed by atoms with Crippen molar-refractivity contribution in [2.45, 2.75) is 51.0 Å². The third-order valence-electron chi connectivity index (χ3n) is 6.54. The van der Waals surface area contributed by atoms with Crippen LogP contribution in [0, 0.1) is 11.2 Å². The van der Waals surface area contributed by atoms with Crippen LogP contribution in [0.2, 0.25) is 0 Å². The Morgan fingerprint density at radius 2 is 1.93 bits per heavy atom. The standard InChI is InChI=1S/C24H29FN2O2/c25-22-6-2-1-4-20(22)18-24(11-16-29-17-12-24)23(28)27-15-3-5-21(27)8-7-19-9-13-26-14-10-19/h1-2,4,6,9-10,13-14,21H,3,5,7-8,11-12,15-18H2. The molecule has 2 fully saturated rings. The number of hydrogen-bond donors (Lipinski definition) is 0. The van der Waals surface area contributed by atoms with Gasteiger partial charge in [0.2, 0.25) is 5.91 Å². The first-order valence-electron chi connectivity index (χ1n) is 10.7. The molecule has 2 saturated heterocycles. The normalized spacial score (nSPS) is 21.3. The molecule has 2 aliphatic heterocycles. The molecular weight excluding hydrogens is 367 g/mol. The largest absolute Gasteiger partial charge is 0.381 e. The van der Waals surface area contributed by atoms with Crippen molar-refractivity contribution in [2.75, 3.05) is 19.8 Å². The summed E-state index contributed by atoms with van der Waals surface area (Å²) in [6.45, 7) is 1.94. The fourth-order valence-electron chi connectivity index (χ4n) is 4.83. The molecule has 1 aromatic carbocycles. The van der Waals surface area contributed by atoms with Crippen LogP contribution < -0.4 is 0 Å². The molecule has 2 aromatic rings. The highest BCUT2D eigenvalue weighted by molar-refractivity contribution is 5.84. The minimum Gasteiger partial charge on any atom is -0.381 e. The summed E-state index contributed by atoms with van der Waals surface area (Å²) in [6, 6.07) is 11.2. The summed E-state index contributed by atoms with van der Waals surface area (Å²) in [6.07, 6.45) is 9.40. The Morgan fingerprint density at radius 3 is 2.69 bits per heavy atom. The zero-order chi connectivity index (χ0) is 20.1. The summed E-state index contributed by atoms with van der Waals surface area (Å²) in [5, 5.41) is 0. The van der Waals surface area contributed by atoms with Crippen molar-refractivity contribution >= 4 is 5.91 Å². The summed E-state index contributed by atoms with van der Waals surface area (Å²) in [5.41, 5.74) is 1.33. The molecule has 0 saturated carbocycles. The molecular formula is C24H29FN2O2. The molecule has 1 amide bonds. The summed E-state index contributed by atoms with van der Waals surface area (Å²) in [4.78, 5) is 20.0. The minimum absolute atomic E-state index is 0.196. The van der Waals surface area contributed by atoms with Crippen LogP contribution in [0.25, 0.3) is 0 Å². The number of carbonyl (C=O) groups is 1. The minimum atomic E-state index is -0.556. The Kier molecular flexibility index (Phi) is 6.24. The van der Waals surface area contributed by atoms with Gasteiger partial charge in [0.25, 0.3) is 0 Å². The molecule has 5 heteroatoms. The van der Waals surface area contributed by atoms with Gasteiger partial charge in [0.15, 0.2) is 0 Å². The molecule has 0 spiro atoms. The van der Waals surface area contributed by atoms with Crippen LogP contribution in [0.3, 0.4) is 0 Å². The fourth-order valence-corrected chi connectivity index (χ4v) is 4.83. The highest BCUT2D eigenvalue weighted by Crippen LogP contribution is 2.39. The number of halogens is 1. The van der Waals surface area contributed by atoms with Crippen LogP contribution in [0.5, 0.6) is 0 Å². The van der Waals surface area contributed by atoms with E-state index in [-0.39, 0.29) is 17.8 Å². The number of benzene rings is 1. The second kappa shape index (κ2) is 9.04. The van der Waals surface area contributed by atoms with Crippen LogP contribution in [0.4, 0.5) is 4.39 Å². The van der Waals surface area contributed by atoms with E-state index in [0.717, 1.165) is 32.2 Å². The third kappa shape index (κ3) is 4.50. The van der Waals surface area contributed by atoms with Gasteiger partial charge >= 0.3 is 0 Å². The first-order valence-corrected chi connectivity index (χ1v) is 10.7. The Balaban J connectivity index is 1.51. The van der Waals surface area contributed by atoms with Gasteiger partial charge in [-0.25, -0.2) is 4.39 Å². The molecule has 4 rings (SSSR count). The monoisotopic (exact) mass is 396 g/mol. The van der Waals surface area contributed by atoms with Gasteiger partial charge < -0.3 is 9.64 Å². The molecule has 0 radical (unpaired) electrons. The number of pyridine rings is 1. The van der Waals surface area contributed by atoms with Gasteiger partial charge in [-0.2, -0.15) is 0 Å². The molecule has 2 aliphatic rings. The number of amides is 1. The van der Waals surface area contributed by atoms with Gasteiger partial charge in [0, 0.05) is 38.2 Å². The predicted octanol–water partition coefficient (Wildman–Crippen LogP) is 4.18. The average Bonchev–Trinajstić information content (AvgIpc) is 3.23. The quantitative estimate of drug-likeness (QED) is 0.736. The van der Waals surface area contributed by atoms with Gasteiger partial charge in [-0.15, -0.1) is 0 Å². The van der Waals surface area contributed by atoms with Crippen molar-refractivity contribution in [3.63, 3.8) is 0 Å². The van der Waals surface area contributed by atoms with Gasteiger partial charge in [0.1, 0.15) is 5.82 Å². The fraction of sp³-hybridized carbons (Fsp3) is 0.500. The van der Waals surface area contributed by atoms with E-state index in [2.05, 4.69) is 9.88 Å². The maximum absolute atomic E-state index is 14.4. The molecule has 3 heterocycles. The summed E-state index contributed by atoms with van der Waals surface area (Å²) >= 11 is 0. The van der Waals surface area contributed by atoms with Crippen molar-refractivity contribution in [2.24, 2.45) is 5.41 Å². The molecule has 4 nitrogen and oxygen atoms in total. The van der Waals surface area contributed by atoms with Gasteiger partial charge in [-0.3, -0.25) is 9.78 Å². The zero-order valence-corrected chi connectivity index (χ0v) is 16.9. The van der Waals surface area contributed by atoms with E-state index >= 15 is 0 Å². The second-order valence-corrected chi connectivity index (χ2v) is 8.35. The van der Waals surface area contributed by atoms with E-state index in [4.69, 9.17) is 4.74 Å². The van der Waals surface area contributed by atoms with Crippen molar-refractivity contribution in [1.82, 2.24) is 9.88 Å². The Hall–Kier alpha value is -2.27. The SMILES string of the molecule is O=C(N1CCCC1CCc1ccncc1)C1(Cc2ccccc2F)CCOCC1. The predicted molar refractivity (Wildman–Crippen MR) is 110 cm³/mol. The van der Waals surface area contributed by atoms with E-state index < -0.39 is 5.41 Å². The molecule has 0 N–H and O–H groups in total. The number of aromatic nitrogens is 1. The first kappa shape index (κ1) is 20.0. The topological polar surface area (TPSA) is 42.4 Å². The first-order chi connectivity index (χ1) is 14.2. The Bertz CT molecular complexity index is 821. The Labute approximate surface area is 172 Å². The van der Waals surface area contributed by atoms with Crippen LogP contribution in [0.1, 0.15) is 43.2 Å². The number of carbonyl (C=O) groups excluding carboxylic acids is 1. The second-order valence-electron chi connectivity index (χ2n) is 8.35. The maximum Gasteiger partial charge on any atom is 0.229 e. The Morgan fingerprint density at radius 1 is 1.17 bits per heavy atom. The molecule has 1 atom stereocenters. The van der Waals surface area contributed by atoms with E-state index in [9.17, 15) is 9.18 Å². The number of nitrogens with zero attached hydrogens (tertiary/aromatic N) is 2. The average molecular weight is 397 g/mol. The third-order valence-corrected chi connectivity index (χ3v) is 6.54. The van der Waals surface area contributed by atoms with Crippen LogP contribution >= 0.6 is 0 Å². The van der Waals surface area contributed by atoms with Gasteiger partial charge in [-0.05, 0) is 74.3 Å². The van der Waals surface area contributed by atoms with E-state index in [1.807, 2.05) is 36.7 Å². The molecule has 29 heavy (non-hydrogen) atoms. The molecule has 0 bridgehead atoms. The summed E-state index contributed by atoms with van der Waals surface area (Å²) in [5.74, 6) is -0.0249. The smallest absolute Gasteiger partial charge is 0.229 e. The lowest BCUT2D eigenvalue weighted by Gasteiger charge is -2.40. The van der Waals surface area contributed by atoms with Gasteiger partial charge in [0.05, 0.1) is 5.41 Å². The lowest BCUT2D eigenvalue weighted by Crippen LogP contribution is -2.50. The van der Waals surface area contributed by atoms with Crippen molar-refractivity contribution < 1.29 is 13.9 Å². The van der Waals surface area contributed by atoms with E-state index in [1.165, 1.54) is 11.6 Å². The molecule has 154 valence electrons. The lowest BCUT2D eigenvalue weighted by molar-refractivity contribution is -0.149. The van der Waals surface area contributed by atoms with E-state index in [1.54, 1.807) is 6.07 Å². The highest BCUT2D eigenvalue weighted by atomic mass is 19.1. The maximum atomic E-state index is 14.4. The van der Waals surface area contributed by atoms with Crippen LogP contribution in [-0.2, 0) is 22.4 Å². The zero-order valence-electron chi connectivity index (χ0n) is 16.9. The van der Waals surface area contributed by atoms with Crippen molar-refractivity contribution in [1.29, 1.82) is 0 Å². The number of likely N-dealkylation sites (tertiary alicyclic amines) is 1. The van der Waals surface area contributed by atoms with Crippen molar-refractivity contribution in [3.8, 4) is 0 Å². The van der Waals surface area contributed by atoms with Crippen LogP contribution in [-0.4, -0.2) is 41.6 Å². The highest BCUT2D eigenvalue weighted by Gasteiger charge is 2.45. The van der Waals surface area contributed by atoms with Crippen molar-refractivity contribution in [3.05, 3.63) is 65.7 Å². The number of ether oxygens (including phenoxy) is 1.